The fourth-order valence-electron chi connectivity index (χ4n) is 3.04. The summed E-state index contributed by atoms with van der Waals surface area (Å²) >= 11 is 0. The number of carbonyl (C=O) groups is 1. The van der Waals surface area contributed by atoms with Gasteiger partial charge in [0.15, 0.2) is 0 Å². The van der Waals surface area contributed by atoms with Crippen LogP contribution in [0.5, 0.6) is 5.75 Å². The van der Waals surface area contributed by atoms with Crippen molar-refractivity contribution in [3.63, 3.8) is 0 Å². The van der Waals surface area contributed by atoms with E-state index in [0.717, 1.165) is 0 Å². The number of benzene rings is 2. The van der Waals surface area contributed by atoms with Crippen LogP contribution in [0.4, 0.5) is 5.69 Å². The SMILES string of the molecule is CCN(CC)S(=O)(=O)c1ccc(OC)c(NC(=O)c2cccc(S(=O)(=O)NC(C)C)c2)c1. The van der Waals surface area contributed by atoms with E-state index >= 15 is 0 Å². The second-order valence-corrected chi connectivity index (χ2v) is 10.9. The molecular formula is C21H29N3O6S2. The van der Waals surface area contributed by atoms with Crippen LogP contribution in [0, 0.1) is 0 Å². The molecule has 11 heteroatoms. The number of sulfonamides is 2. The average molecular weight is 484 g/mol. The Morgan fingerprint density at radius 1 is 1.00 bits per heavy atom. The van der Waals surface area contributed by atoms with Crippen LogP contribution in [0.25, 0.3) is 0 Å². The molecular weight excluding hydrogens is 454 g/mol. The molecule has 0 atom stereocenters. The summed E-state index contributed by atoms with van der Waals surface area (Å²) in [7, 11) is -6.13. The Labute approximate surface area is 189 Å². The number of hydrogen-bond donors (Lipinski definition) is 2. The number of ether oxygens (including phenoxy) is 1. The third-order valence-electron chi connectivity index (χ3n) is 4.56. The van der Waals surface area contributed by atoms with Crippen molar-refractivity contribution >= 4 is 31.6 Å². The molecule has 0 heterocycles. The first-order valence-electron chi connectivity index (χ1n) is 10.1. The minimum absolute atomic E-state index is 0.00904. The third kappa shape index (κ3) is 5.85. The van der Waals surface area contributed by atoms with Crippen LogP contribution < -0.4 is 14.8 Å². The zero-order valence-corrected chi connectivity index (χ0v) is 20.4. The molecule has 1 amide bonds. The van der Waals surface area contributed by atoms with Gasteiger partial charge in [0.25, 0.3) is 5.91 Å². The van der Waals surface area contributed by atoms with Gasteiger partial charge in [-0.25, -0.2) is 21.6 Å². The quantitative estimate of drug-likeness (QED) is 0.536. The van der Waals surface area contributed by atoms with Crippen molar-refractivity contribution < 1.29 is 26.4 Å². The maximum Gasteiger partial charge on any atom is 0.255 e. The molecule has 0 aliphatic rings. The molecule has 0 fully saturated rings. The summed E-state index contributed by atoms with van der Waals surface area (Å²) in [6, 6.07) is 9.45. The second kappa shape index (κ2) is 10.4. The topological polar surface area (TPSA) is 122 Å². The fourth-order valence-corrected chi connectivity index (χ4v) is 5.82. The summed E-state index contributed by atoms with van der Waals surface area (Å²) in [4.78, 5) is 12.8. The molecule has 0 bridgehead atoms. The van der Waals surface area contributed by atoms with Gasteiger partial charge in [-0.05, 0) is 50.2 Å². The lowest BCUT2D eigenvalue weighted by Crippen LogP contribution is -2.30. The monoisotopic (exact) mass is 483 g/mol. The number of hydrogen-bond acceptors (Lipinski definition) is 6. The average Bonchev–Trinajstić information content (AvgIpc) is 2.73. The van der Waals surface area contributed by atoms with E-state index in [2.05, 4.69) is 10.0 Å². The van der Waals surface area contributed by atoms with Crippen LogP contribution in [0.2, 0.25) is 0 Å². The molecule has 0 aliphatic carbocycles. The van der Waals surface area contributed by atoms with Crippen LogP contribution in [-0.2, 0) is 20.0 Å². The van der Waals surface area contributed by atoms with Crippen molar-refractivity contribution in [2.45, 2.75) is 43.5 Å². The van der Waals surface area contributed by atoms with Gasteiger partial charge in [0, 0.05) is 24.7 Å². The van der Waals surface area contributed by atoms with E-state index in [9.17, 15) is 21.6 Å². The normalized spacial score (nSPS) is 12.2. The molecule has 2 aromatic rings. The highest BCUT2D eigenvalue weighted by atomic mass is 32.2. The largest absolute Gasteiger partial charge is 0.495 e. The Morgan fingerprint density at radius 3 is 2.22 bits per heavy atom. The van der Waals surface area contributed by atoms with E-state index in [-0.39, 0.29) is 32.8 Å². The maximum absolute atomic E-state index is 12.8. The lowest BCUT2D eigenvalue weighted by molar-refractivity contribution is 0.102. The van der Waals surface area contributed by atoms with Crippen LogP contribution in [0.15, 0.2) is 52.3 Å². The Morgan fingerprint density at radius 2 is 1.66 bits per heavy atom. The zero-order chi connectivity index (χ0) is 24.1. The van der Waals surface area contributed by atoms with Crippen LogP contribution in [0.3, 0.4) is 0 Å². The molecule has 0 saturated carbocycles. The standard InChI is InChI=1S/C21H29N3O6S2/c1-6-24(7-2)32(28,29)18-11-12-20(30-5)19(14-18)22-21(25)16-9-8-10-17(13-16)31(26,27)23-15(3)4/h8-15,23H,6-7H2,1-5H3,(H,22,25). The van der Waals surface area contributed by atoms with Crippen molar-refractivity contribution in [1.82, 2.24) is 9.03 Å². The van der Waals surface area contributed by atoms with Gasteiger partial charge in [0.1, 0.15) is 5.75 Å². The van der Waals surface area contributed by atoms with Gasteiger partial charge >= 0.3 is 0 Å². The molecule has 9 nitrogen and oxygen atoms in total. The second-order valence-electron chi connectivity index (χ2n) is 7.21. The van der Waals surface area contributed by atoms with Crippen LogP contribution in [-0.4, -0.2) is 53.3 Å². The molecule has 0 saturated heterocycles. The third-order valence-corrected chi connectivity index (χ3v) is 8.26. The first-order valence-corrected chi connectivity index (χ1v) is 13.0. The predicted octanol–water partition coefficient (Wildman–Crippen LogP) is 2.66. The van der Waals surface area contributed by atoms with E-state index in [1.165, 1.54) is 53.9 Å². The lowest BCUT2D eigenvalue weighted by Gasteiger charge is -2.19. The molecule has 0 unspecified atom stereocenters. The van der Waals surface area contributed by atoms with Crippen molar-refractivity contribution in [1.29, 1.82) is 0 Å². The Bertz CT molecular complexity index is 1170. The van der Waals surface area contributed by atoms with Gasteiger partial charge in [-0.3, -0.25) is 4.79 Å². The zero-order valence-electron chi connectivity index (χ0n) is 18.7. The van der Waals surface area contributed by atoms with Crippen LogP contribution in [0.1, 0.15) is 38.1 Å². The van der Waals surface area contributed by atoms with E-state index in [0.29, 0.717) is 13.1 Å². The van der Waals surface area contributed by atoms with Gasteiger partial charge in [-0.2, -0.15) is 4.31 Å². The van der Waals surface area contributed by atoms with E-state index < -0.39 is 26.0 Å². The van der Waals surface area contributed by atoms with Gasteiger partial charge in [0.05, 0.1) is 22.6 Å². The highest BCUT2D eigenvalue weighted by Gasteiger charge is 2.24. The van der Waals surface area contributed by atoms with Gasteiger partial charge < -0.3 is 10.1 Å². The van der Waals surface area contributed by atoms with Crippen molar-refractivity contribution in [2.75, 3.05) is 25.5 Å². The number of nitrogens with one attached hydrogen (secondary N) is 2. The molecule has 2 N–H and O–H groups in total. The highest BCUT2D eigenvalue weighted by Crippen LogP contribution is 2.29. The van der Waals surface area contributed by atoms with E-state index in [4.69, 9.17) is 4.74 Å². The first kappa shape index (κ1) is 25.8. The number of carbonyl (C=O) groups excluding carboxylic acids is 1. The summed E-state index contributed by atoms with van der Waals surface area (Å²) < 4.78 is 59.5. The van der Waals surface area contributed by atoms with Gasteiger partial charge in [-0.15, -0.1) is 0 Å². The van der Waals surface area contributed by atoms with E-state index in [1.54, 1.807) is 27.7 Å². The number of anilines is 1. The van der Waals surface area contributed by atoms with Crippen molar-refractivity contribution in [3.05, 3.63) is 48.0 Å². The number of rotatable bonds is 10. The molecule has 176 valence electrons. The Hall–Kier alpha value is -2.47. The Balaban J connectivity index is 2.41. The summed E-state index contributed by atoms with van der Waals surface area (Å²) in [6.45, 7) is 7.47. The van der Waals surface area contributed by atoms with E-state index in [1.807, 2.05) is 0 Å². The smallest absolute Gasteiger partial charge is 0.255 e. The molecule has 2 rings (SSSR count). The van der Waals surface area contributed by atoms with Crippen LogP contribution >= 0.6 is 0 Å². The summed E-state index contributed by atoms with van der Waals surface area (Å²) in [5.74, 6) is -0.343. The molecule has 32 heavy (non-hydrogen) atoms. The summed E-state index contributed by atoms with van der Waals surface area (Å²) in [6.07, 6.45) is 0. The summed E-state index contributed by atoms with van der Waals surface area (Å²) in [5.41, 5.74) is 0.245. The molecule has 0 aliphatic heterocycles. The predicted molar refractivity (Wildman–Crippen MR) is 123 cm³/mol. The molecule has 2 aromatic carbocycles. The number of amides is 1. The molecule has 0 aromatic heterocycles. The van der Waals surface area contributed by atoms with Gasteiger partial charge in [0.2, 0.25) is 20.0 Å². The van der Waals surface area contributed by atoms with Gasteiger partial charge in [-0.1, -0.05) is 19.9 Å². The lowest BCUT2D eigenvalue weighted by atomic mass is 10.2. The number of methoxy groups -OCH3 is 1. The number of nitrogens with zero attached hydrogens (tertiary/aromatic N) is 1. The Kier molecular flexibility index (Phi) is 8.41. The molecule has 0 radical (unpaired) electrons. The van der Waals surface area contributed by atoms with Crippen molar-refractivity contribution in [3.8, 4) is 5.75 Å². The first-order chi connectivity index (χ1) is 15.0. The maximum atomic E-state index is 12.8. The molecule has 0 spiro atoms. The highest BCUT2D eigenvalue weighted by molar-refractivity contribution is 7.89. The minimum Gasteiger partial charge on any atom is -0.495 e. The fraction of sp³-hybridized carbons (Fsp3) is 0.381. The van der Waals surface area contributed by atoms with Crippen molar-refractivity contribution in [2.24, 2.45) is 0 Å². The summed E-state index contributed by atoms with van der Waals surface area (Å²) in [5, 5.41) is 2.62. The minimum atomic E-state index is -3.78.